The second kappa shape index (κ2) is 5.70. The number of para-hydroxylation sites is 1. The number of benzene rings is 1. The monoisotopic (exact) mass is 289 g/mol. The number of anilines is 1. The van der Waals surface area contributed by atoms with E-state index in [1.54, 1.807) is 0 Å². The summed E-state index contributed by atoms with van der Waals surface area (Å²) in [4.78, 5) is 12.9. The van der Waals surface area contributed by atoms with Crippen LogP contribution < -0.4 is 4.90 Å². The van der Waals surface area contributed by atoms with Crippen molar-refractivity contribution in [3.63, 3.8) is 0 Å². The van der Waals surface area contributed by atoms with Crippen molar-refractivity contribution in [1.82, 2.24) is 0 Å². The number of rotatable bonds is 2. The highest BCUT2D eigenvalue weighted by molar-refractivity contribution is 5.76. The summed E-state index contributed by atoms with van der Waals surface area (Å²) in [6, 6.07) is 5.29. The van der Waals surface area contributed by atoms with Crippen LogP contribution in [0, 0.1) is 0 Å². The second-order valence-corrected chi connectivity index (χ2v) is 4.34. The largest absolute Gasteiger partial charge is 0.467 e. The van der Waals surface area contributed by atoms with E-state index in [9.17, 15) is 18.0 Å². The minimum atomic E-state index is -4.43. The molecule has 0 aliphatic carbocycles. The Kier molecular flexibility index (Phi) is 4.17. The average Bonchev–Trinajstić information content (AvgIpc) is 2.45. The number of hydrogen-bond acceptors (Lipinski definition) is 4. The second-order valence-electron chi connectivity index (χ2n) is 4.34. The van der Waals surface area contributed by atoms with Gasteiger partial charge in [-0.2, -0.15) is 13.2 Å². The molecule has 4 nitrogen and oxygen atoms in total. The van der Waals surface area contributed by atoms with Crippen LogP contribution in [0.2, 0.25) is 0 Å². The lowest BCUT2D eigenvalue weighted by Crippen LogP contribution is -2.47. The third-order valence-electron chi connectivity index (χ3n) is 3.08. The number of carbonyl (C=O) groups excluding carboxylic acids is 1. The summed E-state index contributed by atoms with van der Waals surface area (Å²) in [5.41, 5.74) is -0.664. The predicted molar refractivity (Wildman–Crippen MR) is 65.4 cm³/mol. The Hall–Kier alpha value is -1.76. The Morgan fingerprint density at radius 2 is 2.10 bits per heavy atom. The lowest BCUT2D eigenvalue weighted by Gasteiger charge is -2.34. The summed E-state index contributed by atoms with van der Waals surface area (Å²) in [7, 11) is 1.22. The normalized spacial score (nSPS) is 19.8. The molecule has 0 bridgehead atoms. The summed E-state index contributed by atoms with van der Waals surface area (Å²) in [6.07, 6.45) is -5.30. The summed E-state index contributed by atoms with van der Waals surface area (Å²) >= 11 is 0. The van der Waals surface area contributed by atoms with Crippen LogP contribution in [0.5, 0.6) is 0 Å². The first-order valence-corrected chi connectivity index (χ1v) is 6.04. The summed E-state index contributed by atoms with van der Waals surface area (Å²) in [5, 5.41) is 0. The Bertz CT molecular complexity index is 490. The number of methoxy groups -OCH3 is 1. The SMILES string of the molecule is COC(=O)C1CN(c2ccccc2C(F)(F)F)CCO1. The molecule has 1 atom stereocenters. The van der Waals surface area contributed by atoms with Gasteiger partial charge in [-0.3, -0.25) is 0 Å². The molecule has 1 heterocycles. The fourth-order valence-electron chi connectivity index (χ4n) is 2.13. The highest BCUT2D eigenvalue weighted by Gasteiger charge is 2.36. The van der Waals surface area contributed by atoms with Crippen molar-refractivity contribution in [3.05, 3.63) is 29.8 Å². The highest BCUT2D eigenvalue weighted by atomic mass is 19.4. The highest BCUT2D eigenvalue weighted by Crippen LogP contribution is 2.36. The van der Waals surface area contributed by atoms with Gasteiger partial charge < -0.3 is 14.4 Å². The quantitative estimate of drug-likeness (QED) is 0.781. The van der Waals surface area contributed by atoms with Crippen molar-refractivity contribution in [2.45, 2.75) is 12.3 Å². The fourth-order valence-corrected chi connectivity index (χ4v) is 2.13. The summed E-state index contributed by atoms with van der Waals surface area (Å²) < 4.78 is 48.7. The first kappa shape index (κ1) is 14.6. The van der Waals surface area contributed by atoms with E-state index >= 15 is 0 Å². The maximum Gasteiger partial charge on any atom is 0.418 e. The molecule has 1 saturated heterocycles. The molecule has 7 heteroatoms. The molecule has 1 aliphatic heterocycles. The van der Waals surface area contributed by atoms with E-state index in [0.29, 0.717) is 6.54 Å². The van der Waals surface area contributed by atoms with Gasteiger partial charge in [-0.25, -0.2) is 4.79 Å². The lowest BCUT2D eigenvalue weighted by atomic mass is 10.1. The maximum absolute atomic E-state index is 13.0. The summed E-state index contributed by atoms with van der Waals surface area (Å²) in [5.74, 6) is -0.584. The smallest absolute Gasteiger partial charge is 0.418 e. The molecular weight excluding hydrogens is 275 g/mol. The van der Waals surface area contributed by atoms with E-state index in [1.807, 2.05) is 0 Å². The van der Waals surface area contributed by atoms with Gasteiger partial charge in [0.15, 0.2) is 6.10 Å². The molecule has 1 unspecified atom stereocenters. The fraction of sp³-hybridized carbons (Fsp3) is 0.462. The molecule has 110 valence electrons. The molecule has 0 spiro atoms. The third-order valence-corrected chi connectivity index (χ3v) is 3.08. The van der Waals surface area contributed by atoms with Gasteiger partial charge in [0.05, 0.1) is 25.8 Å². The number of alkyl halides is 3. The van der Waals surface area contributed by atoms with Crippen LogP contribution in [0.15, 0.2) is 24.3 Å². The average molecular weight is 289 g/mol. The van der Waals surface area contributed by atoms with E-state index < -0.39 is 23.8 Å². The van der Waals surface area contributed by atoms with Crippen LogP contribution >= 0.6 is 0 Å². The summed E-state index contributed by atoms with van der Waals surface area (Å²) in [6.45, 7) is 0.506. The Labute approximate surface area is 114 Å². The molecular formula is C13H14F3NO3. The number of morpholine rings is 1. The molecule has 2 rings (SSSR count). The van der Waals surface area contributed by atoms with Crippen LogP contribution in [-0.2, 0) is 20.4 Å². The van der Waals surface area contributed by atoms with E-state index in [2.05, 4.69) is 4.74 Å². The van der Waals surface area contributed by atoms with Crippen LogP contribution in [-0.4, -0.2) is 38.9 Å². The molecule has 0 saturated carbocycles. The number of carbonyl (C=O) groups is 1. The topological polar surface area (TPSA) is 38.8 Å². The Morgan fingerprint density at radius 3 is 2.75 bits per heavy atom. The van der Waals surface area contributed by atoms with Crippen LogP contribution in [0.1, 0.15) is 5.56 Å². The van der Waals surface area contributed by atoms with Gasteiger partial charge in [0.25, 0.3) is 0 Å². The zero-order valence-corrected chi connectivity index (χ0v) is 10.8. The molecule has 0 amide bonds. The van der Waals surface area contributed by atoms with Crippen molar-refractivity contribution < 1.29 is 27.4 Å². The van der Waals surface area contributed by atoms with Gasteiger partial charge in [0, 0.05) is 12.2 Å². The zero-order valence-electron chi connectivity index (χ0n) is 10.8. The van der Waals surface area contributed by atoms with E-state index in [4.69, 9.17) is 4.74 Å². The minimum Gasteiger partial charge on any atom is -0.467 e. The van der Waals surface area contributed by atoms with Gasteiger partial charge in [-0.1, -0.05) is 12.1 Å². The molecule has 1 aliphatic rings. The molecule has 1 aromatic rings. The number of hydrogen-bond donors (Lipinski definition) is 0. The number of nitrogens with zero attached hydrogens (tertiary/aromatic N) is 1. The van der Waals surface area contributed by atoms with Crippen LogP contribution in [0.3, 0.4) is 0 Å². The van der Waals surface area contributed by atoms with Crippen molar-refractivity contribution in [2.75, 3.05) is 31.7 Å². The molecule has 0 N–H and O–H groups in total. The van der Waals surface area contributed by atoms with Gasteiger partial charge in [-0.05, 0) is 12.1 Å². The van der Waals surface area contributed by atoms with Crippen LogP contribution in [0.25, 0.3) is 0 Å². The molecule has 20 heavy (non-hydrogen) atoms. The van der Waals surface area contributed by atoms with E-state index in [0.717, 1.165) is 6.07 Å². The van der Waals surface area contributed by atoms with E-state index in [1.165, 1.54) is 30.2 Å². The molecule has 1 fully saturated rings. The number of ether oxygens (including phenoxy) is 2. The van der Waals surface area contributed by atoms with Crippen molar-refractivity contribution in [3.8, 4) is 0 Å². The predicted octanol–water partition coefficient (Wildman–Crippen LogP) is 2.08. The van der Waals surface area contributed by atoms with Crippen molar-refractivity contribution in [2.24, 2.45) is 0 Å². The van der Waals surface area contributed by atoms with Crippen molar-refractivity contribution >= 4 is 11.7 Å². The lowest BCUT2D eigenvalue weighted by molar-refractivity contribution is -0.154. The Balaban J connectivity index is 2.26. The van der Waals surface area contributed by atoms with E-state index in [-0.39, 0.29) is 18.8 Å². The third kappa shape index (κ3) is 3.04. The minimum absolute atomic E-state index is 0.0414. The maximum atomic E-state index is 13.0. The van der Waals surface area contributed by atoms with Gasteiger partial charge in [0.2, 0.25) is 0 Å². The zero-order chi connectivity index (χ0) is 14.8. The van der Waals surface area contributed by atoms with Gasteiger partial charge >= 0.3 is 12.1 Å². The first-order valence-electron chi connectivity index (χ1n) is 6.04. The number of halogens is 3. The number of esters is 1. The Morgan fingerprint density at radius 1 is 1.40 bits per heavy atom. The van der Waals surface area contributed by atoms with Gasteiger partial charge in [0.1, 0.15) is 0 Å². The van der Waals surface area contributed by atoms with Crippen LogP contribution in [0.4, 0.5) is 18.9 Å². The van der Waals surface area contributed by atoms with Crippen molar-refractivity contribution in [1.29, 1.82) is 0 Å². The molecule has 1 aromatic carbocycles. The molecule has 0 radical (unpaired) electrons. The standard InChI is InChI=1S/C13H14F3NO3/c1-19-12(18)11-8-17(6-7-20-11)10-5-3-2-4-9(10)13(14,15)16/h2-5,11H,6-8H2,1H3. The molecule has 0 aromatic heterocycles. The van der Waals surface area contributed by atoms with Gasteiger partial charge in [-0.15, -0.1) is 0 Å². The first-order chi connectivity index (χ1) is 9.43.